The van der Waals surface area contributed by atoms with Crippen molar-refractivity contribution < 1.29 is 9.84 Å². The van der Waals surface area contributed by atoms with Gasteiger partial charge in [-0.3, -0.25) is 0 Å². The number of rotatable bonds is 4. The summed E-state index contributed by atoms with van der Waals surface area (Å²) in [4.78, 5) is 0.941. The number of nitrogens with two attached hydrogens (primary N) is 1. The van der Waals surface area contributed by atoms with E-state index in [4.69, 9.17) is 15.6 Å². The first-order valence-electron chi connectivity index (χ1n) is 3.70. The largest absolute Gasteiger partial charge is 0.391 e. The molecular weight excluding hydrogens is 174 g/mol. The minimum Gasteiger partial charge on any atom is -0.391 e. The van der Waals surface area contributed by atoms with E-state index in [-0.39, 0.29) is 12.6 Å². The molecule has 68 valence electrons. The second-order valence-electron chi connectivity index (χ2n) is 2.57. The molecule has 0 saturated heterocycles. The minimum atomic E-state index is -0.0773. The van der Waals surface area contributed by atoms with E-state index in [0.717, 1.165) is 10.4 Å². The lowest BCUT2D eigenvalue weighted by atomic mass is 10.2. The van der Waals surface area contributed by atoms with Crippen molar-refractivity contribution in [2.75, 3.05) is 13.7 Å². The van der Waals surface area contributed by atoms with Crippen LogP contribution in [-0.4, -0.2) is 18.8 Å². The molecule has 1 aromatic heterocycles. The van der Waals surface area contributed by atoms with Gasteiger partial charge in [-0.15, -0.1) is 11.3 Å². The van der Waals surface area contributed by atoms with Crippen molar-refractivity contribution in [1.29, 1.82) is 0 Å². The molecule has 1 unspecified atom stereocenters. The summed E-state index contributed by atoms with van der Waals surface area (Å²) >= 11 is 1.52. The van der Waals surface area contributed by atoms with Gasteiger partial charge in [-0.05, 0) is 17.0 Å². The van der Waals surface area contributed by atoms with Crippen LogP contribution >= 0.6 is 11.3 Å². The molecule has 0 fully saturated rings. The Morgan fingerprint density at radius 1 is 1.75 bits per heavy atom. The van der Waals surface area contributed by atoms with Gasteiger partial charge in [0.2, 0.25) is 0 Å². The smallest absolute Gasteiger partial charge is 0.0774 e. The molecule has 0 aliphatic carbocycles. The molecule has 3 N–H and O–H groups in total. The summed E-state index contributed by atoms with van der Waals surface area (Å²) in [6, 6.07) is 1.83. The Morgan fingerprint density at radius 2 is 2.50 bits per heavy atom. The van der Waals surface area contributed by atoms with Gasteiger partial charge in [0.15, 0.2) is 0 Å². The monoisotopic (exact) mass is 187 g/mol. The van der Waals surface area contributed by atoms with E-state index in [2.05, 4.69) is 0 Å². The van der Waals surface area contributed by atoms with Gasteiger partial charge in [-0.2, -0.15) is 0 Å². The highest BCUT2D eigenvalue weighted by atomic mass is 32.1. The molecule has 4 heteroatoms. The molecule has 0 bridgehead atoms. The molecule has 1 rings (SSSR count). The quantitative estimate of drug-likeness (QED) is 0.736. The summed E-state index contributed by atoms with van der Waals surface area (Å²) < 4.78 is 4.92. The SMILES string of the molecule is COCC(N)c1csc(CO)c1. The predicted molar refractivity (Wildman–Crippen MR) is 49.0 cm³/mol. The van der Waals surface area contributed by atoms with Crippen LogP contribution in [0.25, 0.3) is 0 Å². The van der Waals surface area contributed by atoms with Crippen LogP contribution < -0.4 is 5.73 Å². The Kier molecular flexibility index (Phi) is 3.68. The Labute approximate surface area is 75.8 Å². The molecule has 0 spiro atoms. The number of ether oxygens (including phenoxy) is 1. The second kappa shape index (κ2) is 4.57. The third kappa shape index (κ3) is 2.28. The molecule has 0 aliphatic rings. The first kappa shape index (κ1) is 9.67. The van der Waals surface area contributed by atoms with Crippen LogP contribution in [0.4, 0.5) is 0 Å². The van der Waals surface area contributed by atoms with Crippen LogP contribution in [0.15, 0.2) is 11.4 Å². The Hall–Kier alpha value is -0.420. The lowest BCUT2D eigenvalue weighted by molar-refractivity contribution is 0.181. The molecular formula is C8H13NO2S. The number of hydrogen-bond acceptors (Lipinski definition) is 4. The fraction of sp³-hybridized carbons (Fsp3) is 0.500. The van der Waals surface area contributed by atoms with Crippen molar-refractivity contribution >= 4 is 11.3 Å². The van der Waals surface area contributed by atoms with E-state index in [0.29, 0.717) is 6.61 Å². The van der Waals surface area contributed by atoms with Crippen molar-refractivity contribution in [2.45, 2.75) is 12.6 Å². The van der Waals surface area contributed by atoms with Crippen molar-refractivity contribution in [3.05, 3.63) is 21.9 Å². The Bertz CT molecular complexity index is 237. The highest BCUT2D eigenvalue weighted by Gasteiger charge is 2.07. The zero-order valence-corrected chi connectivity index (χ0v) is 7.80. The third-order valence-corrected chi connectivity index (χ3v) is 2.54. The normalized spacial score (nSPS) is 13.2. The summed E-state index contributed by atoms with van der Waals surface area (Å²) in [5.74, 6) is 0. The van der Waals surface area contributed by atoms with E-state index in [1.54, 1.807) is 7.11 Å². The molecule has 1 heterocycles. The van der Waals surface area contributed by atoms with Gasteiger partial charge in [0.1, 0.15) is 0 Å². The lowest BCUT2D eigenvalue weighted by Gasteiger charge is -2.06. The molecule has 0 aliphatic heterocycles. The highest BCUT2D eigenvalue weighted by Crippen LogP contribution is 2.19. The predicted octanol–water partition coefficient (Wildman–Crippen LogP) is 0.887. The lowest BCUT2D eigenvalue weighted by Crippen LogP contribution is -2.15. The number of hydrogen-bond donors (Lipinski definition) is 2. The van der Waals surface area contributed by atoms with E-state index in [1.807, 2.05) is 11.4 Å². The highest BCUT2D eigenvalue weighted by molar-refractivity contribution is 7.10. The average Bonchev–Trinajstić information content (AvgIpc) is 2.52. The molecule has 1 atom stereocenters. The summed E-state index contributed by atoms with van der Waals surface area (Å²) in [6.45, 7) is 0.603. The minimum absolute atomic E-state index is 0.0773. The van der Waals surface area contributed by atoms with Gasteiger partial charge >= 0.3 is 0 Å². The topological polar surface area (TPSA) is 55.5 Å². The zero-order valence-electron chi connectivity index (χ0n) is 6.99. The van der Waals surface area contributed by atoms with Gasteiger partial charge in [-0.25, -0.2) is 0 Å². The number of methoxy groups -OCH3 is 1. The second-order valence-corrected chi connectivity index (χ2v) is 3.56. The Morgan fingerprint density at radius 3 is 3.00 bits per heavy atom. The summed E-state index contributed by atoms with van der Waals surface area (Å²) in [5.41, 5.74) is 6.81. The van der Waals surface area contributed by atoms with E-state index in [1.165, 1.54) is 11.3 Å². The van der Waals surface area contributed by atoms with Gasteiger partial charge in [-0.1, -0.05) is 0 Å². The first-order chi connectivity index (χ1) is 5.77. The van der Waals surface area contributed by atoms with Crippen LogP contribution in [0, 0.1) is 0 Å². The third-order valence-electron chi connectivity index (χ3n) is 1.60. The standard InChI is InChI=1S/C8H13NO2S/c1-11-4-8(9)6-2-7(3-10)12-5-6/h2,5,8,10H,3-4,9H2,1H3. The molecule has 0 aromatic carbocycles. The molecule has 3 nitrogen and oxygen atoms in total. The van der Waals surface area contributed by atoms with Crippen LogP contribution in [-0.2, 0) is 11.3 Å². The average molecular weight is 187 g/mol. The molecule has 0 amide bonds. The maximum atomic E-state index is 8.80. The van der Waals surface area contributed by atoms with Gasteiger partial charge in [0, 0.05) is 12.0 Å². The Balaban J connectivity index is 2.61. The first-order valence-corrected chi connectivity index (χ1v) is 4.58. The molecule has 1 aromatic rings. The van der Waals surface area contributed by atoms with Crippen molar-refractivity contribution in [1.82, 2.24) is 0 Å². The summed E-state index contributed by atoms with van der Waals surface area (Å²) in [7, 11) is 1.62. The van der Waals surface area contributed by atoms with Crippen molar-refractivity contribution in [3.63, 3.8) is 0 Å². The molecule has 0 saturated carbocycles. The fourth-order valence-corrected chi connectivity index (χ4v) is 1.76. The van der Waals surface area contributed by atoms with Crippen LogP contribution in [0.1, 0.15) is 16.5 Å². The zero-order chi connectivity index (χ0) is 8.97. The van der Waals surface area contributed by atoms with Crippen LogP contribution in [0.5, 0.6) is 0 Å². The number of aliphatic hydroxyl groups excluding tert-OH is 1. The van der Waals surface area contributed by atoms with E-state index >= 15 is 0 Å². The number of thiophene rings is 1. The maximum Gasteiger partial charge on any atom is 0.0774 e. The number of aliphatic hydroxyl groups is 1. The summed E-state index contributed by atoms with van der Waals surface area (Å²) in [6.07, 6.45) is 0. The van der Waals surface area contributed by atoms with E-state index in [9.17, 15) is 0 Å². The van der Waals surface area contributed by atoms with Crippen LogP contribution in [0.3, 0.4) is 0 Å². The van der Waals surface area contributed by atoms with Gasteiger partial charge in [0.05, 0.1) is 19.3 Å². The van der Waals surface area contributed by atoms with E-state index < -0.39 is 0 Å². The molecule has 0 radical (unpaired) electrons. The maximum absolute atomic E-state index is 8.80. The molecule has 12 heavy (non-hydrogen) atoms. The van der Waals surface area contributed by atoms with Crippen molar-refractivity contribution in [2.24, 2.45) is 5.73 Å². The van der Waals surface area contributed by atoms with Crippen molar-refractivity contribution in [3.8, 4) is 0 Å². The van der Waals surface area contributed by atoms with Gasteiger partial charge < -0.3 is 15.6 Å². The van der Waals surface area contributed by atoms with Gasteiger partial charge in [0.25, 0.3) is 0 Å². The van der Waals surface area contributed by atoms with Crippen LogP contribution in [0.2, 0.25) is 0 Å². The fourth-order valence-electron chi connectivity index (χ4n) is 0.951. The summed E-state index contributed by atoms with van der Waals surface area (Å²) in [5, 5.41) is 10.8.